The Morgan fingerprint density at radius 1 is 1.31 bits per heavy atom. The van der Waals surface area contributed by atoms with Crippen molar-refractivity contribution in [1.29, 1.82) is 5.26 Å². The third kappa shape index (κ3) is 6.14. The van der Waals surface area contributed by atoms with E-state index in [4.69, 9.17) is 5.26 Å². The molecule has 0 aliphatic carbocycles. The molecular formula is C19H14F3N3O2S2. The van der Waals surface area contributed by atoms with Gasteiger partial charge in [-0.05, 0) is 55.5 Å². The Kier molecular flexibility index (Phi) is 7.16. The largest absolute Gasteiger partial charge is 0.417 e. The van der Waals surface area contributed by atoms with Gasteiger partial charge in [-0.2, -0.15) is 23.4 Å². The van der Waals surface area contributed by atoms with Gasteiger partial charge >= 0.3 is 6.18 Å². The number of hydrogen-bond donors (Lipinski definition) is 2. The van der Waals surface area contributed by atoms with E-state index in [9.17, 15) is 23.1 Å². The van der Waals surface area contributed by atoms with Gasteiger partial charge in [-0.15, -0.1) is 11.8 Å². The number of hydrogen-bond acceptors (Lipinski definition) is 6. The molecule has 0 radical (unpaired) electrons. The number of carbonyl (C=O) groups is 1. The maximum atomic E-state index is 13.0. The normalized spacial score (nSPS) is 13.0. The zero-order valence-corrected chi connectivity index (χ0v) is 16.6. The topological polar surface area (TPSA) is 85.5 Å². The van der Waals surface area contributed by atoms with Gasteiger partial charge in [-0.25, -0.2) is 0 Å². The predicted octanol–water partition coefficient (Wildman–Crippen LogP) is 4.79. The number of isothiocyanates is 1. The summed E-state index contributed by atoms with van der Waals surface area (Å²) in [7, 11) is 0. The van der Waals surface area contributed by atoms with Crippen molar-refractivity contribution in [3.05, 3.63) is 53.6 Å². The van der Waals surface area contributed by atoms with E-state index >= 15 is 0 Å². The van der Waals surface area contributed by atoms with Crippen LogP contribution in [0.5, 0.6) is 0 Å². The molecule has 0 heterocycles. The number of nitriles is 1. The number of rotatable bonds is 6. The van der Waals surface area contributed by atoms with E-state index < -0.39 is 28.8 Å². The number of carbonyl (C=O) groups excluding carboxylic acids is 1. The molecule has 0 bridgehead atoms. The summed E-state index contributed by atoms with van der Waals surface area (Å²) >= 11 is 5.70. The SMILES string of the molecule is CC(O)(CSc1cccc(N=C=S)c1)C(=O)Nc1ccc(C#N)c(C(F)(F)F)c1. The van der Waals surface area contributed by atoms with Gasteiger partial charge in [0.05, 0.1) is 28.0 Å². The molecular weight excluding hydrogens is 423 g/mol. The molecule has 0 aliphatic rings. The highest BCUT2D eigenvalue weighted by Gasteiger charge is 2.35. The molecule has 0 spiro atoms. The maximum absolute atomic E-state index is 13.0. The molecule has 0 saturated heterocycles. The predicted molar refractivity (Wildman–Crippen MR) is 107 cm³/mol. The van der Waals surface area contributed by atoms with E-state index in [1.807, 2.05) is 0 Å². The number of halogens is 3. The lowest BCUT2D eigenvalue weighted by molar-refractivity contribution is -0.137. The number of thioether (sulfide) groups is 1. The zero-order valence-electron chi connectivity index (χ0n) is 14.9. The highest BCUT2D eigenvalue weighted by molar-refractivity contribution is 7.99. The molecule has 0 saturated carbocycles. The molecule has 2 rings (SSSR count). The standard InChI is InChI=1S/C19H14F3N3O2S2/c1-18(27,10-29-15-4-2-3-13(7-15)24-11-28)17(26)25-14-6-5-12(9-23)16(8-14)19(20,21)22/h2-8,27H,10H2,1H3,(H,25,26). The molecule has 0 fully saturated rings. The van der Waals surface area contributed by atoms with Crippen LogP contribution < -0.4 is 5.32 Å². The minimum Gasteiger partial charge on any atom is -0.379 e. The van der Waals surface area contributed by atoms with Crippen molar-refractivity contribution >= 4 is 46.4 Å². The second kappa shape index (κ2) is 9.20. The van der Waals surface area contributed by atoms with Crippen LogP contribution in [0.1, 0.15) is 18.1 Å². The number of amides is 1. The van der Waals surface area contributed by atoms with Gasteiger partial charge in [0.25, 0.3) is 5.91 Å². The quantitative estimate of drug-likeness (QED) is 0.385. The Morgan fingerprint density at radius 2 is 2.03 bits per heavy atom. The van der Waals surface area contributed by atoms with Crippen LogP contribution in [-0.2, 0) is 11.0 Å². The van der Waals surface area contributed by atoms with Crippen molar-refractivity contribution in [2.45, 2.75) is 23.6 Å². The van der Waals surface area contributed by atoms with E-state index in [0.29, 0.717) is 16.6 Å². The van der Waals surface area contributed by atoms with Crippen LogP contribution in [0.25, 0.3) is 0 Å². The molecule has 2 N–H and O–H groups in total. The fourth-order valence-corrected chi connectivity index (χ4v) is 3.27. The van der Waals surface area contributed by atoms with Gasteiger partial charge < -0.3 is 10.4 Å². The number of benzene rings is 2. The van der Waals surface area contributed by atoms with Crippen molar-refractivity contribution in [1.82, 2.24) is 0 Å². The molecule has 0 aromatic heterocycles. The first-order valence-electron chi connectivity index (χ1n) is 8.03. The summed E-state index contributed by atoms with van der Waals surface area (Å²) in [6.45, 7) is 1.25. The molecule has 1 amide bonds. The first-order valence-corrected chi connectivity index (χ1v) is 9.42. The van der Waals surface area contributed by atoms with Gasteiger partial charge in [0.15, 0.2) is 0 Å². The first kappa shape index (κ1) is 22.6. The maximum Gasteiger partial charge on any atom is 0.417 e. The van der Waals surface area contributed by atoms with E-state index in [2.05, 4.69) is 27.7 Å². The highest BCUT2D eigenvalue weighted by atomic mass is 32.2. The lowest BCUT2D eigenvalue weighted by Gasteiger charge is -2.22. The summed E-state index contributed by atoms with van der Waals surface area (Å²) in [6.07, 6.45) is -4.75. The van der Waals surface area contributed by atoms with Crippen molar-refractivity contribution in [3.63, 3.8) is 0 Å². The molecule has 2 aromatic rings. The van der Waals surface area contributed by atoms with Crippen LogP contribution in [0, 0.1) is 11.3 Å². The number of aliphatic imine (C=N–C) groups is 1. The van der Waals surface area contributed by atoms with Crippen LogP contribution in [-0.4, -0.2) is 27.5 Å². The van der Waals surface area contributed by atoms with Crippen LogP contribution in [0.15, 0.2) is 52.4 Å². The average Bonchev–Trinajstić information content (AvgIpc) is 2.66. The summed E-state index contributed by atoms with van der Waals surface area (Å²) < 4.78 is 39.1. The molecule has 1 atom stereocenters. The van der Waals surface area contributed by atoms with E-state index in [0.717, 1.165) is 17.8 Å². The van der Waals surface area contributed by atoms with Crippen molar-refractivity contribution in [2.75, 3.05) is 11.1 Å². The average molecular weight is 437 g/mol. The lowest BCUT2D eigenvalue weighted by Crippen LogP contribution is -2.42. The van der Waals surface area contributed by atoms with Crippen LogP contribution >= 0.6 is 24.0 Å². The number of nitrogens with one attached hydrogen (secondary N) is 1. The molecule has 1 unspecified atom stereocenters. The fraction of sp³-hybridized carbons (Fsp3) is 0.211. The monoisotopic (exact) mass is 437 g/mol. The summed E-state index contributed by atoms with van der Waals surface area (Å²) in [5.74, 6) is -0.942. The molecule has 2 aromatic carbocycles. The lowest BCUT2D eigenvalue weighted by atomic mass is 10.1. The number of anilines is 1. The Bertz CT molecular complexity index is 1010. The third-order valence-electron chi connectivity index (χ3n) is 3.70. The van der Waals surface area contributed by atoms with Crippen LogP contribution in [0.2, 0.25) is 0 Å². The number of alkyl halides is 3. The second-order valence-corrected chi connectivity index (χ2v) is 7.32. The van der Waals surface area contributed by atoms with Gasteiger partial charge in [0, 0.05) is 16.3 Å². The zero-order chi connectivity index (χ0) is 21.7. The van der Waals surface area contributed by atoms with Gasteiger partial charge in [0.1, 0.15) is 5.60 Å². The summed E-state index contributed by atoms with van der Waals surface area (Å²) in [6, 6.07) is 11.1. The van der Waals surface area contributed by atoms with Crippen LogP contribution in [0.4, 0.5) is 24.5 Å². The van der Waals surface area contributed by atoms with E-state index in [1.165, 1.54) is 19.1 Å². The van der Waals surface area contributed by atoms with Crippen molar-refractivity contribution in [3.8, 4) is 6.07 Å². The summed E-state index contributed by atoms with van der Waals surface area (Å²) in [4.78, 5) is 16.9. The van der Waals surface area contributed by atoms with Gasteiger partial charge in [-0.3, -0.25) is 4.79 Å². The summed E-state index contributed by atoms with van der Waals surface area (Å²) in [5, 5.41) is 23.8. The van der Waals surface area contributed by atoms with Crippen molar-refractivity contribution < 1.29 is 23.1 Å². The first-order chi connectivity index (χ1) is 13.6. The number of thiocarbonyl (C=S) groups is 1. The second-order valence-electron chi connectivity index (χ2n) is 6.09. The molecule has 29 heavy (non-hydrogen) atoms. The molecule has 150 valence electrons. The van der Waals surface area contributed by atoms with Gasteiger partial charge in [-0.1, -0.05) is 6.07 Å². The van der Waals surface area contributed by atoms with Gasteiger partial charge in [0.2, 0.25) is 0 Å². The third-order valence-corrected chi connectivity index (χ3v) is 5.09. The number of nitrogens with zero attached hydrogens (tertiary/aromatic N) is 2. The molecule has 10 heteroatoms. The van der Waals surface area contributed by atoms with Crippen LogP contribution in [0.3, 0.4) is 0 Å². The smallest absolute Gasteiger partial charge is 0.379 e. The number of aliphatic hydroxyl groups is 1. The molecule has 5 nitrogen and oxygen atoms in total. The minimum atomic E-state index is -4.75. The Labute approximate surface area is 174 Å². The Hall–Kier alpha value is -2.70. The van der Waals surface area contributed by atoms with Crippen molar-refractivity contribution in [2.24, 2.45) is 4.99 Å². The van der Waals surface area contributed by atoms with E-state index in [1.54, 1.807) is 24.3 Å². The Morgan fingerprint density at radius 3 is 2.66 bits per heavy atom. The fourth-order valence-electron chi connectivity index (χ4n) is 2.20. The highest BCUT2D eigenvalue weighted by Crippen LogP contribution is 2.34. The summed E-state index contributed by atoms with van der Waals surface area (Å²) in [5.41, 5.74) is -3.21. The van der Waals surface area contributed by atoms with E-state index in [-0.39, 0.29) is 11.4 Å². The minimum absolute atomic E-state index is 0.0635. The molecule has 0 aliphatic heterocycles. The Balaban J connectivity index is 2.12.